The molecular weight excluding hydrogens is 170 g/mol. The van der Waals surface area contributed by atoms with Crippen molar-refractivity contribution in [2.24, 2.45) is 4.99 Å². The molecule has 1 rings (SSSR count). The summed E-state index contributed by atoms with van der Waals surface area (Å²) in [6.45, 7) is 10.9. The molecule has 0 aliphatic carbocycles. The number of hydrogen-bond donors (Lipinski definition) is 0. The molecule has 14 heavy (non-hydrogen) atoms. The summed E-state index contributed by atoms with van der Waals surface area (Å²) in [5.41, 5.74) is 8.19. The van der Waals surface area contributed by atoms with Gasteiger partial charge in [-0.3, -0.25) is 4.99 Å². The molecule has 0 aliphatic rings. The Bertz CT molecular complexity index is 358. The molecule has 0 aliphatic heterocycles. The monoisotopic (exact) mass is 189 g/mol. The SMILES string of the molecule is CN=Cc1c(C)c(C)c(C)c(C)c1C. The van der Waals surface area contributed by atoms with Crippen molar-refractivity contribution in [3.63, 3.8) is 0 Å². The molecule has 0 unspecified atom stereocenters. The van der Waals surface area contributed by atoms with E-state index in [9.17, 15) is 0 Å². The lowest BCUT2D eigenvalue weighted by molar-refractivity contribution is 1.17. The standard InChI is InChI=1S/C13H19N/c1-8-9(2)11(4)13(7-14-6)12(5)10(8)3/h7H,1-6H3. The smallest absolute Gasteiger partial charge is 0.0286 e. The predicted octanol–water partition coefficient (Wildman–Crippen LogP) is 3.28. The fourth-order valence-electron chi connectivity index (χ4n) is 1.85. The van der Waals surface area contributed by atoms with Crippen molar-refractivity contribution in [1.29, 1.82) is 0 Å². The zero-order chi connectivity index (χ0) is 10.9. The van der Waals surface area contributed by atoms with Crippen molar-refractivity contribution < 1.29 is 0 Å². The molecule has 0 saturated carbocycles. The molecule has 0 radical (unpaired) electrons. The Morgan fingerprint density at radius 1 is 0.714 bits per heavy atom. The van der Waals surface area contributed by atoms with Crippen LogP contribution in [0.25, 0.3) is 0 Å². The molecule has 0 atom stereocenters. The second kappa shape index (κ2) is 3.95. The molecule has 1 heteroatoms. The van der Waals surface area contributed by atoms with Crippen LogP contribution in [0.2, 0.25) is 0 Å². The van der Waals surface area contributed by atoms with Gasteiger partial charge in [0.2, 0.25) is 0 Å². The van der Waals surface area contributed by atoms with Gasteiger partial charge in [-0.05, 0) is 68.0 Å². The van der Waals surface area contributed by atoms with E-state index >= 15 is 0 Å². The maximum atomic E-state index is 4.11. The van der Waals surface area contributed by atoms with Gasteiger partial charge in [-0.25, -0.2) is 0 Å². The third-order valence-corrected chi connectivity index (χ3v) is 3.32. The first-order valence-electron chi connectivity index (χ1n) is 4.99. The largest absolute Gasteiger partial charge is 0.296 e. The van der Waals surface area contributed by atoms with Crippen molar-refractivity contribution in [3.8, 4) is 0 Å². The normalized spacial score (nSPS) is 11.3. The highest BCUT2D eigenvalue weighted by Gasteiger charge is 2.09. The number of hydrogen-bond acceptors (Lipinski definition) is 1. The molecule has 0 N–H and O–H groups in total. The predicted molar refractivity (Wildman–Crippen MR) is 63.6 cm³/mol. The second-order valence-electron chi connectivity index (χ2n) is 3.93. The van der Waals surface area contributed by atoms with E-state index in [1.54, 1.807) is 0 Å². The molecule has 0 amide bonds. The lowest BCUT2D eigenvalue weighted by Crippen LogP contribution is -2.01. The molecule has 0 fully saturated rings. The summed E-state index contributed by atoms with van der Waals surface area (Å²) in [4.78, 5) is 4.11. The van der Waals surface area contributed by atoms with Crippen LogP contribution >= 0.6 is 0 Å². The number of rotatable bonds is 1. The van der Waals surface area contributed by atoms with E-state index in [4.69, 9.17) is 0 Å². The van der Waals surface area contributed by atoms with E-state index in [-0.39, 0.29) is 0 Å². The Labute approximate surface area is 86.9 Å². The van der Waals surface area contributed by atoms with Gasteiger partial charge in [0.25, 0.3) is 0 Å². The Kier molecular flexibility index (Phi) is 3.10. The van der Waals surface area contributed by atoms with Gasteiger partial charge in [0.15, 0.2) is 0 Å². The molecule has 0 saturated heterocycles. The summed E-state index contributed by atoms with van der Waals surface area (Å²) in [5.74, 6) is 0. The van der Waals surface area contributed by atoms with Gasteiger partial charge >= 0.3 is 0 Å². The van der Waals surface area contributed by atoms with Gasteiger partial charge in [-0.1, -0.05) is 0 Å². The summed E-state index contributed by atoms with van der Waals surface area (Å²) in [5, 5.41) is 0. The van der Waals surface area contributed by atoms with Crippen LogP contribution in [0, 0.1) is 34.6 Å². The van der Waals surface area contributed by atoms with Gasteiger partial charge in [0.05, 0.1) is 0 Å². The van der Waals surface area contributed by atoms with E-state index in [0.717, 1.165) is 0 Å². The van der Waals surface area contributed by atoms with E-state index < -0.39 is 0 Å². The second-order valence-corrected chi connectivity index (χ2v) is 3.93. The minimum Gasteiger partial charge on any atom is -0.296 e. The number of benzene rings is 1. The fourth-order valence-corrected chi connectivity index (χ4v) is 1.85. The van der Waals surface area contributed by atoms with Crippen LogP contribution < -0.4 is 0 Å². The molecule has 1 aromatic rings. The van der Waals surface area contributed by atoms with E-state index in [0.29, 0.717) is 0 Å². The van der Waals surface area contributed by atoms with Crippen molar-refractivity contribution in [2.75, 3.05) is 7.05 Å². The summed E-state index contributed by atoms with van der Waals surface area (Å²) in [6, 6.07) is 0. The average molecular weight is 189 g/mol. The highest BCUT2D eigenvalue weighted by Crippen LogP contribution is 2.24. The van der Waals surface area contributed by atoms with Crippen LogP contribution in [0.1, 0.15) is 33.4 Å². The minimum absolute atomic E-state index is 1.29. The molecule has 0 heterocycles. The van der Waals surface area contributed by atoms with E-state index in [1.165, 1.54) is 33.4 Å². The molecular formula is C13H19N. The van der Waals surface area contributed by atoms with Crippen molar-refractivity contribution in [2.45, 2.75) is 34.6 Å². The lowest BCUT2D eigenvalue weighted by atomic mass is 9.90. The summed E-state index contributed by atoms with van der Waals surface area (Å²) < 4.78 is 0. The van der Waals surface area contributed by atoms with Crippen LogP contribution in [0.15, 0.2) is 4.99 Å². The molecule has 1 nitrogen and oxygen atoms in total. The van der Waals surface area contributed by atoms with Crippen LogP contribution in [-0.2, 0) is 0 Å². The van der Waals surface area contributed by atoms with E-state index in [1.807, 2.05) is 13.3 Å². The van der Waals surface area contributed by atoms with Gasteiger partial charge in [0, 0.05) is 13.3 Å². The maximum Gasteiger partial charge on any atom is 0.0286 e. The lowest BCUT2D eigenvalue weighted by Gasteiger charge is -2.15. The first kappa shape index (κ1) is 11.0. The first-order valence-corrected chi connectivity index (χ1v) is 4.99. The zero-order valence-corrected chi connectivity index (χ0v) is 10.0. The highest BCUT2D eigenvalue weighted by atomic mass is 14.6. The Balaban J connectivity index is 3.59. The van der Waals surface area contributed by atoms with Crippen molar-refractivity contribution in [3.05, 3.63) is 33.4 Å². The van der Waals surface area contributed by atoms with Gasteiger partial charge in [-0.15, -0.1) is 0 Å². The van der Waals surface area contributed by atoms with Crippen molar-refractivity contribution in [1.82, 2.24) is 0 Å². The van der Waals surface area contributed by atoms with Crippen LogP contribution in [-0.4, -0.2) is 13.3 Å². The topological polar surface area (TPSA) is 12.4 Å². The average Bonchev–Trinajstić information content (AvgIpc) is 2.19. The van der Waals surface area contributed by atoms with Crippen LogP contribution in [0.4, 0.5) is 0 Å². The molecule has 0 aromatic heterocycles. The van der Waals surface area contributed by atoms with Crippen LogP contribution in [0.5, 0.6) is 0 Å². The molecule has 0 spiro atoms. The molecule has 0 bridgehead atoms. The highest BCUT2D eigenvalue weighted by molar-refractivity contribution is 5.85. The van der Waals surface area contributed by atoms with E-state index in [2.05, 4.69) is 39.6 Å². The number of aliphatic imine (C=N–C) groups is 1. The number of nitrogens with zero attached hydrogens (tertiary/aromatic N) is 1. The zero-order valence-electron chi connectivity index (χ0n) is 10.0. The van der Waals surface area contributed by atoms with Gasteiger partial charge in [0.1, 0.15) is 0 Å². The third-order valence-electron chi connectivity index (χ3n) is 3.32. The summed E-state index contributed by atoms with van der Waals surface area (Å²) >= 11 is 0. The van der Waals surface area contributed by atoms with Crippen molar-refractivity contribution >= 4 is 6.21 Å². The summed E-state index contributed by atoms with van der Waals surface area (Å²) in [7, 11) is 1.82. The third kappa shape index (κ3) is 1.59. The van der Waals surface area contributed by atoms with Crippen LogP contribution in [0.3, 0.4) is 0 Å². The Hall–Kier alpha value is -1.11. The Morgan fingerprint density at radius 2 is 1.07 bits per heavy atom. The molecule has 76 valence electrons. The molecule has 1 aromatic carbocycles. The minimum atomic E-state index is 1.29. The maximum absolute atomic E-state index is 4.11. The Morgan fingerprint density at radius 3 is 1.43 bits per heavy atom. The fraction of sp³-hybridized carbons (Fsp3) is 0.462. The first-order chi connectivity index (χ1) is 6.50. The summed E-state index contributed by atoms with van der Waals surface area (Å²) in [6.07, 6.45) is 1.96. The quantitative estimate of drug-likeness (QED) is 0.601. The van der Waals surface area contributed by atoms with Gasteiger partial charge in [-0.2, -0.15) is 0 Å². The van der Waals surface area contributed by atoms with Gasteiger partial charge < -0.3 is 0 Å².